The van der Waals surface area contributed by atoms with Gasteiger partial charge in [0.15, 0.2) is 0 Å². The van der Waals surface area contributed by atoms with Crippen molar-refractivity contribution in [3.8, 4) is 78.7 Å². The fraction of sp³-hybridized carbons (Fsp3) is 0.0968. The van der Waals surface area contributed by atoms with Crippen LogP contribution in [0.3, 0.4) is 0 Å². The van der Waals surface area contributed by atoms with Gasteiger partial charge in [-0.05, 0) is 140 Å². The van der Waals surface area contributed by atoms with Crippen LogP contribution in [0.2, 0.25) is 0 Å². The van der Waals surface area contributed by atoms with Crippen molar-refractivity contribution in [2.24, 2.45) is 0 Å². The van der Waals surface area contributed by atoms with Gasteiger partial charge in [0, 0.05) is 33.3 Å². The van der Waals surface area contributed by atoms with Gasteiger partial charge < -0.3 is 0 Å². The summed E-state index contributed by atoms with van der Waals surface area (Å²) < 4.78 is 4.54. The van der Waals surface area contributed by atoms with E-state index in [2.05, 4.69) is 243 Å². The Hall–Kier alpha value is -8.08. The molecule has 0 radical (unpaired) electrons. The van der Waals surface area contributed by atoms with Gasteiger partial charge in [-0.1, -0.05) is 161 Å². The van der Waals surface area contributed by atoms with Crippen molar-refractivity contribution in [2.45, 2.75) is 38.5 Å². The Balaban J connectivity index is 0.814. The number of rotatable bonds is 6. The second kappa shape index (κ2) is 14.2. The van der Waals surface area contributed by atoms with Crippen molar-refractivity contribution in [1.29, 1.82) is 0 Å². The first-order valence-electron chi connectivity index (χ1n) is 23.0. The molecule has 0 fully saturated rings. The van der Waals surface area contributed by atoms with Crippen LogP contribution < -0.4 is 0 Å². The van der Waals surface area contributed by atoms with E-state index < -0.39 is 0 Å². The van der Waals surface area contributed by atoms with E-state index in [0.29, 0.717) is 0 Å². The molecule has 0 saturated heterocycles. The van der Waals surface area contributed by atoms with Crippen LogP contribution >= 0.6 is 0 Å². The number of aromatic nitrogens is 4. The third-order valence-electron chi connectivity index (χ3n) is 14.6. The van der Waals surface area contributed by atoms with E-state index in [4.69, 9.17) is 9.97 Å². The second-order valence-corrected chi connectivity index (χ2v) is 19.1. The summed E-state index contributed by atoms with van der Waals surface area (Å²) in [6.45, 7) is 9.59. The van der Waals surface area contributed by atoms with E-state index in [1.54, 1.807) is 0 Å². The normalized spacial score (nSPS) is 14.0. The smallest absolute Gasteiger partial charge is 0.145 e. The number of para-hydroxylation sites is 5. The van der Waals surface area contributed by atoms with Crippen LogP contribution in [-0.4, -0.2) is 19.1 Å². The van der Waals surface area contributed by atoms with Crippen molar-refractivity contribution >= 4 is 22.1 Å². The molecule has 2 aliphatic carbocycles. The van der Waals surface area contributed by atoms with Gasteiger partial charge in [-0.3, -0.25) is 9.13 Å². The Kier molecular flexibility index (Phi) is 8.26. The number of benzene rings is 9. The molecule has 2 heterocycles. The molecule has 0 bridgehead atoms. The summed E-state index contributed by atoms with van der Waals surface area (Å²) in [5.41, 5.74) is 24.1. The Labute approximate surface area is 385 Å². The molecule has 0 amide bonds. The summed E-state index contributed by atoms with van der Waals surface area (Å²) >= 11 is 0. The SMILES string of the molecule is CC1(C)c2cc(-c3ccc(-c4nc5ccccc5n4-c4ccccc4)cc3)ccc2-c2cc3c(cc21)-c1ccc(-c2ccc(-n4c(-c5ccccc5)nc5ccccc54)cc2)cc1C3(C)C. The number of nitrogens with zero attached hydrogens (tertiary/aromatic N) is 4. The Morgan fingerprint density at radius 1 is 0.303 bits per heavy atom. The highest BCUT2D eigenvalue weighted by Crippen LogP contribution is 2.57. The standard InChI is InChI=1S/C62H46N4/c1-61(2)51-35-43(39-23-25-42(26-24-39)60-64-55-19-11-13-21-57(55)65(60)45-17-9-6-10-18-45)29-33-47(51)49-37-54-50(38-53(49)61)48-34-30-44(36-52(48)62(54,3)4)40-27-31-46(32-28-40)66-58-22-14-12-20-56(58)63-59(66)41-15-7-5-8-16-41/h5-38H,1-4H3. The van der Waals surface area contributed by atoms with Gasteiger partial charge in [0.1, 0.15) is 11.6 Å². The monoisotopic (exact) mass is 846 g/mol. The highest BCUT2D eigenvalue weighted by atomic mass is 15.1. The van der Waals surface area contributed by atoms with Crippen LogP contribution in [0.4, 0.5) is 0 Å². The van der Waals surface area contributed by atoms with Gasteiger partial charge in [0.25, 0.3) is 0 Å². The van der Waals surface area contributed by atoms with E-state index >= 15 is 0 Å². The summed E-state index contributed by atoms with van der Waals surface area (Å²) in [7, 11) is 0. The Morgan fingerprint density at radius 3 is 1.17 bits per heavy atom. The highest BCUT2D eigenvalue weighted by Gasteiger charge is 2.42. The lowest BCUT2D eigenvalue weighted by molar-refractivity contribution is 0.652. The lowest BCUT2D eigenvalue weighted by atomic mass is 9.79. The molecule has 11 aromatic rings. The summed E-state index contributed by atoms with van der Waals surface area (Å²) in [6.07, 6.45) is 0. The maximum absolute atomic E-state index is 5.11. The van der Waals surface area contributed by atoms with Crippen molar-refractivity contribution in [3.63, 3.8) is 0 Å². The van der Waals surface area contributed by atoms with Crippen LogP contribution in [0.15, 0.2) is 206 Å². The summed E-state index contributed by atoms with van der Waals surface area (Å²) in [5, 5.41) is 0. The van der Waals surface area contributed by atoms with E-state index in [-0.39, 0.29) is 10.8 Å². The Bertz CT molecular complexity index is 3720. The van der Waals surface area contributed by atoms with Crippen LogP contribution in [0.25, 0.3) is 101 Å². The molecule has 13 rings (SSSR count). The predicted molar refractivity (Wildman–Crippen MR) is 273 cm³/mol. The van der Waals surface area contributed by atoms with Crippen molar-refractivity contribution in [3.05, 3.63) is 229 Å². The molecule has 0 N–H and O–H groups in total. The topological polar surface area (TPSA) is 35.6 Å². The van der Waals surface area contributed by atoms with Crippen LogP contribution in [0.5, 0.6) is 0 Å². The molecule has 2 aliphatic rings. The average Bonchev–Trinajstić information content (AvgIpc) is 4.07. The number of imidazole rings is 2. The van der Waals surface area contributed by atoms with Crippen LogP contribution in [0.1, 0.15) is 49.9 Å². The number of hydrogen-bond donors (Lipinski definition) is 0. The summed E-state index contributed by atoms with van der Waals surface area (Å²) in [4.78, 5) is 10.2. The molecular weight excluding hydrogens is 801 g/mol. The second-order valence-electron chi connectivity index (χ2n) is 19.1. The first-order valence-corrected chi connectivity index (χ1v) is 23.0. The van der Waals surface area contributed by atoms with E-state index in [9.17, 15) is 0 Å². The summed E-state index contributed by atoms with van der Waals surface area (Å²) in [6, 6.07) is 74.9. The van der Waals surface area contributed by atoms with Gasteiger partial charge in [-0.25, -0.2) is 9.97 Å². The molecule has 2 aromatic heterocycles. The Morgan fingerprint density at radius 2 is 0.667 bits per heavy atom. The molecule has 66 heavy (non-hydrogen) atoms. The van der Waals surface area contributed by atoms with E-state index in [1.807, 2.05) is 0 Å². The van der Waals surface area contributed by atoms with Gasteiger partial charge in [0.05, 0.1) is 22.1 Å². The number of fused-ring (bicyclic) bond motifs is 8. The molecule has 314 valence electrons. The number of hydrogen-bond acceptors (Lipinski definition) is 2. The van der Waals surface area contributed by atoms with Gasteiger partial charge in [-0.15, -0.1) is 0 Å². The fourth-order valence-corrected chi connectivity index (χ4v) is 11.1. The minimum atomic E-state index is -0.161. The maximum Gasteiger partial charge on any atom is 0.145 e. The van der Waals surface area contributed by atoms with Crippen LogP contribution in [-0.2, 0) is 10.8 Å². The third kappa shape index (κ3) is 5.71. The molecule has 0 unspecified atom stereocenters. The molecule has 4 nitrogen and oxygen atoms in total. The molecular formula is C62H46N4. The fourth-order valence-electron chi connectivity index (χ4n) is 11.1. The minimum Gasteiger partial charge on any atom is -0.292 e. The lowest BCUT2D eigenvalue weighted by Crippen LogP contribution is -2.17. The average molecular weight is 847 g/mol. The largest absolute Gasteiger partial charge is 0.292 e. The molecule has 4 heteroatoms. The third-order valence-corrected chi connectivity index (χ3v) is 14.6. The molecule has 0 atom stereocenters. The van der Waals surface area contributed by atoms with E-state index in [1.165, 1.54) is 66.8 Å². The quantitative estimate of drug-likeness (QED) is 0.167. The molecule has 0 aliphatic heterocycles. The predicted octanol–water partition coefficient (Wildman–Crippen LogP) is 15.6. The van der Waals surface area contributed by atoms with Gasteiger partial charge >= 0.3 is 0 Å². The van der Waals surface area contributed by atoms with Gasteiger partial charge in [0.2, 0.25) is 0 Å². The zero-order chi connectivity index (χ0) is 44.3. The minimum absolute atomic E-state index is 0.161. The van der Waals surface area contributed by atoms with Crippen molar-refractivity contribution < 1.29 is 0 Å². The lowest BCUT2D eigenvalue weighted by Gasteiger charge is -2.24. The molecule has 9 aromatic carbocycles. The van der Waals surface area contributed by atoms with Gasteiger partial charge in [-0.2, -0.15) is 0 Å². The summed E-state index contributed by atoms with van der Waals surface area (Å²) in [5.74, 6) is 1.89. The first-order chi connectivity index (χ1) is 32.2. The maximum atomic E-state index is 5.11. The zero-order valence-electron chi connectivity index (χ0n) is 37.4. The van der Waals surface area contributed by atoms with Crippen LogP contribution in [0, 0.1) is 0 Å². The van der Waals surface area contributed by atoms with Crippen molar-refractivity contribution in [1.82, 2.24) is 19.1 Å². The van der Waals surface area contributed by atoms with Crippen molar-refractivity contribution in [2.75, 3.05) is 0 Å². The molecule has 0 spiro atoms. The zero-order valence-corrected chi connectivity index (χ0v) is 37.4. The first kappa shape index (κ1) is 38.4. The molecule has 0 saturated carbocycles. The highest BCUT2D eigenvalue weighted by molar-refractivity contribution is 5.92. The van der Waals surface area contributed by atoms with E-state index in [0.717, 1.165) is 56.2 Å².